The lowest BCUT2D eigenvalue weighted by Gasteiger charge is -2.10. The highest BCUT2D eigenvalue weighted by Crippen LogP contribution is 2.27. The minimum Gasteiger partial charge on any atom is -0.492 e. The highest BCUT2D eigenvalue weighted by molar-refractivity contribution is 9.10. The molecular weight excluding hydrogens is 373 g/mol. The molecule has 0 bridgehead atoms. The minimum atomic E-state index is 0.636. The van der Waals surface area contributed by atoms with E-state index in [2.05, 4.69) is 28.2 Å². The number of rotatable bonds is 6. The van der Waals surface area contributed by atoms with Crippen LogP contribution in [0.15, 0.2) is 40.9 Å². The average molecular weight is 389 g/mol. The van der Waals surface area contributed by atoms with Crippen molar-refractivity contribution in [1.82, 2.24) is 0 Å². The Hall–Kier alpha value is -0.900. The molecule has 0 heterocycles. The van der Waals surface area contributed by atoms with Crippen LogP contribution in [-0.2, 0) is 6.54 Å². The first-order valence-corrected chi connectivity index (χ1v) is 8.25. The maximum atomic E-state index is 6.21. The van der Waals surface area contributed by atoms with Crippen LogP contribution in [0.4, 0.5) is 5.69 Å². The molecule has 112 valence electrons. The van der Waals surface area contributed by atoms with Crippen molar-refractivity contribution in [2.45, 2.75) is 19.9 Å². The summed E-state index contributed by atoms with van der Waals surface area (Å²) in [6, 6.07) is 11.6. The van der Waals surface area contributed by atoms with Crippen molar-refractivity contribution in [3.05, 3.63) is 56.5 Å². The van der Waals surface area contributed by atoms with E-state index in [-0.39, 0.29) is 0 Å². The fourth-order valence-electron chi connectivity index (χ4n) is 1.79. The van der Waals surface area contributed by atoms with Crippen LogP contribution in [0, 0.1) is 0 Å². The summed E-state index contributed by atoms with van der Waals surface area (Å²) in [4.78, 5) is 0. The van der Waals surface area contributed by atoms with Crippen LogP contribution in [0.2, 0.25) is 10.0 Å². The van der Waals surface area contributed by atoms with Crippen molar-refractivity contribution in [3.63, 3.8) is 0 Å². The van der Waals surface area contributed by atoms with Gasteiger partial charge in [0.15, 0.2) is 0 Å². The molecule has 0 fully saturated rings. The van der Waals surface area contributed by atoms with Gasteiger partial charge in [-0.3, -0.25) is 0 Å². The lowest BCUT2D eigenvalue weighted by molar-refractivity contribution is 0.317. The summed E-state index contributed by atoms with van der Waals surface area (Å²) < 4.78 is 6.44. The van der Waals surface area contributed by atoms with Gasteiger partial charge in [-0.25, -0.2) is 0 Å². The second-order valence-corrected chi connectivity index (χ2v) is 6.26. The smallest absolute Gasteiger partial charge is 0.137 e. The van der Waals surface area contributed by atoms with Crippen LogP contribution in [0.25, 0.3) is 0 Å². The Bertz CT molecular complexity index is 619. The summed E-state index contributed by atoms with van der Waals surface area (Å²) in [6.45, 7) is 3.41. The van der Waals surface area contributed by atoms with Crippen LogP contribution in [0.3, 0.4) is 0 Å². The second kappa shape index (κ2) is 7.92. The zero-order chi connectivity index (χ0) is 15.2. The fourth-order valence-corrected chi connectivity index (χ4v) is 2.48. The molecular formula is C16H16BrCl2NO. The predicted octanol–water partition coefficient (Wildman–Crippen LogP) is 6.16. The number of halogens is 3. The first kappa shape index (κ1) is 16.5. The number of anilines is 1. The molecule has 0 aliphatic heterocycles. The molecule has 1 N–H and O–H groups in total. The standard InChI is InChI=1S/C16H16BrCl2NO/c1-2-7-21-16-6-3-11(8-15(16)19)10-20-12-4-5-13(17)14(18)9-12/h3-6,8-9,20H,2,7,10H2,1H3. The maximum Gasteiger partial charge on any atom is 0.137 e. The SMILES string of the molecule is CCCOc1ccc(CNc2ccc(Br)c(Cl)c2)cc1Cl. The molecule has 0 aliphatic rings. The van der Waals surface area contributed by atoms with E-state index in [4.69, 9.17) is 27.9 Å². The number of ether oxygens (including phenoxy) is 1. The van der Waals surface area contributed by atoms with Gasteiger partial charge in [-0.2, -0.15) is 0 Å². The van der Waals surface area contributed by atoms with Crippen molar-refractivity contribution in [1.29, 1.82) is 0 Å². The van der Waals surface area contributed by atoms with Crippen LogP contribution in [0.1, 0.15) is 18.9 Å². The highest BCUT2D eigenvalue weighted by atomic mass is 79.9. The number of nitrogens with one attached hydrogen (secondary N) is 1. The lowest BCUT2D eigenvalue weighted by atomic mass is 10.2. The Morgan fingerprint density at radius 3 is 2.57 bits per heavy atom. The molecule has 0 saturated heterocycles. The Labute approximate surface area is 143 Å². The Kier molecular flexibility index (Phi) is 6.22. The zero-order valence-corrected chi connectivity index (χ0v) is 14.7. The first-order chi connectivity index (χ1) is 10.1. The fraction of sp³-hybridized carbons (Fsp3) is 0.250. The Morgan fingerprint density at radius 1 is 1.10 bits per heavy atom. The van der Waals surface area contributed by atoms with Crippen molar-refractivity contribution in [2.24, 2.45) is 0 Å². The van der Waals surface area contributed by atoms with Crippen LogP contribution in [-0.4, -0.2) is 6.61 Å². The molecule has 0 amide bonds. The summed E-state index contributed by atoms with van der Waals surface area (Å²) in [5.41, 5.74) is 2.05. The molecule has 0 unspecified atom stereocenters. The van der Waals surface area contributed by atoms with Gasteiger partial charge in [-0.05, 0) is 58.2 Å². The minimum absolute atomic E-state index is 0.636. The molecule has 0 atom stereocenters. The average Bonchev–Trinajstić information content (AvgIpc) is 2.47. The van der Waals surface area contributed by atoms with Gasteiger partial charge in [-0.1, -0.05) is 36.2 Å². The molecule has 2 aromatic rings. The van der Waals surface area contributed by atoms with E-state index in [0.29, 0.717) is 23.2 Å². The molecule has 2 nitrogen and oxygen atoms in total. The molecule has 0 spiro atoms. The van der Waals surface area contributed by atoms with Gasteiger partial charge in [0.2, 0.25) is 0 Å². The largest absolute Gasteiger partial charge is 0.492 e. The lowest BCUT2D eigenvalue weighted by Crippen LogP contribution is -2.00. The van der Waals surface area contributed by atoms with Gasteiger partial charge in [0.05, 0.1) is 16.7 Å². The number of hydrogen-bond donors (Lipinski definition) is 1. The highest BCUT2D eigenvalue weighted by Gasteiger charge is 2.04. The van der Waals surface area contributed by atoms with Crippen LogP contribution >= 0.6 is 39.1 Å². The van der Waals surface area contributed by atoms with Gasteiger partial charge >= 0.3 is 0 Å². The third-order valence-corrected chi connectivity index (χ3v) is 4.40. The van der Waals surface area contributed by atoms with E-state index in [1.165, 1.54) is 0 Å². The first-order valence-electron chi connectivity index (χ1n) is 6.70. The van der Waals surface area contributed by atoms with E-state index in [0.717, 1.165) is 27.9 Å². The van der Waals surface area contributed by atoms with Crippen molar-refractivity contribution < 1.29 is 4.74 Å². The van der Waals surface area contributed by atoms with E-state index in [9.17, 15) is 0 Å². The summed E-state index contributed by atoms with van der Waals surface area (Å²) in [7, 11) is 0. The molecule has 21 heavy (non-hydrogen) atoms. The predicted molar refractivity (Wildman–Crippen MR) is 93.7 cm³/mol. The van der Waals surface area contributed by atoms with Gasteiger partial charge in [-0.15, -0.1) is 0 Å². The Balaban J connectivity index is 1.99. The zero-order valence-electron chi connectivity index (χ0n) is 11.6. The number of benzene rings is 2. The summed E-state index contributed by atoms with van der Waals surface area (Å²) >= 11 is 15.7. The third kappa shape index (κ3) is 4.80. The topological polar surface area (TPSA) is 21.3 Å². The van der Waals surface area contributed by atoms with Crippen molar-refractivity contribution in [3.8, 4) is 5.75 Å². The molecule has 0 saturated carbocycles. The van der Waals surface area contributed by atoms with Crippen LogP contribution in [0.5, 0.6) is 5.75 Å². The van der Waals surface area contributed by atoms with Crippen LogP contribution < -0.4 is 10.1 Å². The molecule has 0 radical (unpaired) electrons. The second-order valence-electron chi connectivity index (χ2n) is 4.60. The summed E-state index contributed by atoms with van der Waals surface area (Å²) in [6.07, 6.45) is 0.962. The molecule has 2 aromatic carbocycles. The normalized spacial score (nSPS) is 10.5. The van der Waals surface area contributed by atoms with Crippen molar-refractivity contribution in [2.75, 3.05) is 11.9 Å². The molecule has 0 aromatic heterocycles. The quantitative estimate of drug-likeness (QED) is 0.639. The molecule has 2 rings (SSSR count). The van der Waals surface area contributed by atoms with Gasteiger partial charge < -0.3 is 10.1 Å². The molecule has 5 heteroatoms. The molecule has 0 aliphatic carbocycles. The van der Waals surface area contributed by atoms with Gasteiger partial charge in [0, 0.05) is 16.7 Å². The van der Waals surface area contributed by atoms with E-state index < -0.39 is 0 Å². The van der Waals surface area contributed by atoms with Gasteiger partial charge in [0.1, 0.15) is 5.75 Å². The van der Waals surface area contributed by atoms with E-state index in [1.54, 1.807) is 0 Å². The van der Waals surface area contributed by atoms with E-state index >= 15 is 0 Å². The summed E-state index contributed by atoms with van der Waals surface area (Å²) in [5.74, 6) is 0.731. The third-order valence-electron chi connectivity index (χ3n) is 2.87. The van der Waals surface area contributed by atoms with Gasteiger partial charge in [0.25, 0.3) is 0 Å². The monoisotopic (exact) mass is 387 g/mol. The van der Waals surface area contributed by atoms with Crippen molar-refractivity contribution >= 4 is 44.8 Å². The Morgan fingerprint density at radius 2 is 1.90 bits per heavy atom. The summed E-state index contributed by atoms with van der Waals surface area (Å²) in [5, 5.41) is 4.63. The number of hydrogen-bond acceptors (Lipinski definition) is 2. The maximum absolute atomic E-state index is 6.21. The van der Waals surface area contributed by atoms with E-state index in [1.807, 2.05) is 36.4 Å².